The molecule has 0 radical (unpaired) electrons. The molecule has 5 rings (SSSR count). The molecular formula is C22H31N7O2. The van der Waals surface area contributed by atoms with Crippen LogP contribution in [0.5, 0.6) is 0 Å². The largest absolute Gasteiger partial charge is 0.439 e. The van der Waals surface area contributed by atoms with Crippen molar-refractivity contribution in [3.63, 3.8) is 0 Å². The van der Waals surface area contributed by atoms with Crippen LogP contribution in [-0.4, -0.2) is 35.7 Å². The Kier molecular flexibility index (Phi) is 5.27. The van der Waals surface area contributed by atoms with E-state index >= 15 is 0 Å². The van der Waals surface area contributed by atoms with Gasteiger partial charge in [-0.05, 0) is 57.3 Å². The number of aromatic nitrogens is 6. The summed E-state index contributed by atoms with van der Waals surface area (Å²) < 4.78 is 6.90. The molecule has 9 heteroatoms. The normalized spacial score (nSPS) is 24.1. The molecule has 31 heavy (non-hydrogen) atoms. The van der Waals surface area contributed by atoms with Gasteiger partial charge < -0.3 is 9.88 Å². The van der Waals surface area contributed by atoms with Crippen LogP contribution in [0.25, 0.3) is 22.8 Å². The highest BCUT2D eigenvalue weighted by Gasteiger charge is 2.29. The van der Waals surface area contributed by atoms with Gasteiger partial charge in [0.05, 0.1) is 6.33 Å². The molecule has 1 unspecified atom stereocenters. The molecule has 0 saturated heterocycles. The molecule has 0 spiro atoms. The number of hydrogen-bond acceptors (Lipinski definition) is 7. The summed E-state index contributed by atoms with van der Waals surface area (Å²) in [6.07, 6.45) is 10.7. The summed E-state index contributed by atoms with van der Waals surface area (Å²) in [5.74, 6) is 2.74. The van der Waals surface area contributed by atoms with Crippen LogP contribution >= 0.6 is 0 Å². The summed E-state index contributed by atoms with van der Waals surface area (Å²) in [6, 6.07) is 0.614. The number of anilines is 1. The Morgan fingerprint density at radius 1 is 1.13 bits per heavy atom. The topological polar surface area (TPSA) is 115 Å². The van der Waals surface area contributed by atoms with E-state index in [1.54, 1.807) is 0 Å². The molecule has 2 fully saturated rings. The molecule has 2 aliphatic carbocycles. The SMILES string of the molecule is CC([C@H]1CC[C@H](C)CC1)n1cnc2nc(-c3noc(=O)[nH]3)nc(N[C@H](C)C3CCC3)c21. The molecule has 166 valence electrons. The van der Waals surface area contributed by atoms with Crippen molar-refractivity contribution in [1.29, 1.82) is 0 Å². The molecule has 2 atom stereocenters. The molecule has 2 N–H and O–H groups in total. The number of aromatic amines is 1. The smallest absolute Gasteiger partial charge is 0.365 e. The zero-order valence-electron chi connectivity index (χ0n) is 18.5. The van der Waals surface area contributed by atoms with Gasteiger partial charge in [0.2, 0.25) is 11.6 Å². The third-order valence-electron chi connectivity index (χ3n) is 7.48. The van der Waals surface area contributed by atoms with Crippen LogP contribution in [0.15, 0.2) is 15.6 Å². The Morgan fingerprint density at radius 2 is 1.90 bits per heavy atom. The third kappa shape index (κ3) is 3.85. The van der Waals surface area contributed by atoms with E-state index in [-0.39, 0.29) is 5.82 Å². The Bertz CT molecular complexity index is 1100. The maximum Gasteiger partial charge on any atom is 0.439 e. The minimum atomic E-state index is -0.623. The van der Waals surface area contributed by atoms with Crippen LogP contribution in [0.2, 0.25) is 0 Å². The van der Waals surface area contributed by atoms with Crippen LogP contribution in [0.1, 0.15) is 71.8 Å². The van der Waals surface area contributed by atoms with Crippen molar-refractivity contribution in [2.45, 2.75) is 77.8 Å². The van der Waals surface area contributed by atoms with Gasteiger partial charge in [-0.25, -0.2) is 19.7 Å². The van der Waals surface area contributed by atoms with Crippen molar-refractivity contribution in [1.82, 2.24) is 29.7 Å². The molecule has 2 saturated carbocycles. The van der Waals surface area contributed by atoms with Crippen molar-refractivity contribution in [3.05, 3.63) is 16.9 Å². The number of hydrogen-bond donors (Lipinski definition) is 2. The van der Waals surface area contributed by atoms with Crippen molar-refractivity contribution >= 4 is 17.0 Å². The first kappa shape index (κ1) is 20.2. The lowest BCUT2D eigenvalue weighted by atomic mass is 9.79. The fraction of sp³-hybridized carbons (Fsp3) is 0.682. The van der Waals surface area contributed by atoms with Crippen LogP contribution in [0.3, 0.4) is 0 Å². The number of nitrogens with one attached hydrogen (secondary N) is 2. The lowest BCUT2D eigenvalue weighted by Crippen LogP contribution is -2.31. The predicted molar refractivity (Wildman–Crippen MR) is 118 cm³/mol. The summed E-state index contributed by atoms with van der Waals surface area (Å²) in [5.41, 5.74) is 1.53. The molecule has 0 amide bonds. The first-order valence-corrected chi connectivity index (χ1v) is 11.6. The summed E-state index contributed by atoms with van der Waals surface area (Å²) in [6.45, 7) is 6.84. The zero-order chi connectivity index (χ0) is 21.5. The van der Waals surface area contributed by atoms with Crippen LogP contribution in [0.4, 0.5) is 5.82 Å². The highest BCUT2D eigenvalue weighted by Crippen LogP contribution is 2.38. The summed E-state index contributed by atoms with van der Waals surface area (Å²) in [5, 5.41) is 7.40. The van der Waals surface area contributed by atoms with Crippen molar-refractivity contribution in [2.75, 3.05) is 5.32 Å². The lowest BCUT2D eigenvalue weighted by Gasteiger charge is -2.33. The summed E-state index contributed by atoms with van der Waals surface area (Å²) in [7, 11) is 0. The molecule has 0 bridgehead atoms. The monoisotopic (exact) mass is 425 g/mol. The van der Waals surface area contributed by atoms with E-state index in [9.17, 15) is 4.79 Å². The Morgan fingerprint density at radius 3 is 2.55 bits per heavy atom. The maximum absolute atomic E-state index is 11.4. The Balaban J connectivity index is 1.54. The van der Waals surface area contributed by atoms with Gasteiger partial charge in [0.25, 0.3) is 0 Å². The van der Waals surface area contributed by atoms with Gasteiger partial charge in [0.15, 0.2) is 11.5 Å². The van der Waals surface area contributed by atoms with Gasteiger partial charge in [-0.2, -0.15) is 0 Å². The number of fused-ring (bicyclic) bond motifs is 1. The number of nitrogens with zero attached hydrogens (tertiary/aromatic N) is 5. The highest BCUT2D eigenvalue weighted by atomic mass is 16.5. The number of H-pyrrole nitrogens is 1. The van der Waals surface area contributed by atoms with Gasteiger partial charge in [0, 0.05) is 12.1 Å². The maximum atomic E-state index is 11.4. The van der Waals surface area contributed by atoms with E-state index < -0.39 is 5.76 Å². The van der Waals surface area contributed by atoms with E-state index in [2.05, 4.69) is 55.3 Å². The van der Waals surface area contributed by atoms with Crippen molar-refractivity contribution in [3.8, 4) is 11.6 Å². The van der Waals surface area contributed by atoms with Crippen LogP contribution < -0.4 is 11.1 Å². The van der Waals surface area contributed by atoms with Gasteiger partial charge in [0.1, 0.15) is 5.52 Å². The molecule has 2 aliphatic rings. The van der Waals surface area contributed by atoms with Gasteiger partial charge in [-0.15, -0.1) is 0 Å². The van der Waals surface area contributed by atoms with Gasteiger partial charge in [-0.3, -0.25) is 9.51 Å². The van der Waals surface area contributed by atoms with E-state index in [0.717, 1.165) is 17.3 Å². The van der Waals surface area contributed by atoms with E-state index in [1.165, 1.54) is 44.9 Å². The fourth-order valence-corrected chi connectivity index (χ4v) is 5.06. The van der Waals surface area contributed by atoms with Crippen molar-refractivity contribution < 1.29 is 4.52 Å². The van der Waals surface area contributed by atoms with E-state index in [4.69, 9.17) is 4.98 Å². The number of imidazole rings is 1. The second-order valence-corrected chi connectivity index (χ2v) is 9.55. The molecule has 0 aliphatic heterocycles. The summed E-state index contributed by atoms with van der Waals surface area (Å²) >= 11 is 0. The first-order chi connectivity index (χ1) is 15.0. The van der Waals surface area contributed by atoms with E-state index in [1.807, 2.05) is 6.33 Å². The Labute approximate surface area is 181 Å². The fourth-order valence-electron chi connectivity index (χ4n) is 5.06. The van der Waals surface area contributed by atoms with Gasteiger partial charge >= 0.3 is 5.76 Å². The molecule has 3 aromatic heterocycles. The van der Waals surface area contributed by atoms with Crippen molar-refractivity contribution in [2.24, 2.45) is 17.8 Å². The van der Waals surface area contributed by atoms with Crippen LogP contribution in [-0.2, 0) is 0 Å². The second kappa shape index (κ2) is 8.09. The average Bonchev–Trinajstić information content (AvgIpc) is 3.33. The van der Waals surface area contributed by atoms with Gasteiger partial charge in [-0.1, -0.05) is 31.3 Å². The third-order valence-corrected chi connectivity index (χ3v) is 7.48. The predicted octanol–water partition coefficient (Wildman–Crippen LogP) is 4.16. The highest BCUT2D eigenvalue weighted by molar-refractivity contribution is 5.85. The summed E-state index contributed by atoms with van der Waals surface area (Å²) in [4.78, 5) is 28.0. The minimum Gasteiger partial charge on any atom is -0.365 e. The Hall–Kier alpha value is -2.71. The second-order valence-electron chi connectivity index (χ2n) is 9.55. The molecule has 9 nitrogen and oxygen atoms in total. The number of rotatable bonds is 6. The average molecular weight is 426 g/mol. The lowest BCUT2D eigenvalue weighted by molar-refractivity contribution is 0.227. The minimum absolute atomic E-state index is 0.218. The molecular weight excluding hydrogens is 394 g/mol. The standard InChI is InChI=1S/C22H31N7O2/c1-12-7-9-16(10-8-12)14(3)29-11-23-18-17(29)19(24-13(2)15-5-4-6-15)26-20(25-18)21-27-22(30)31-28-21/h11-16H,4-10H2,1-3H3,(H,24,25,26)(H,27,28,30)/t12-,13-,14?,16-/m1/s1. The van der Waals surface area contributed by atoms with Crippen LogP contribution in [0, 0.1) is 17.8 Å². The molecule has 3 aromatic rings. The van der Waals surface area contributed by atoms with E-state index in [0.29, 0.717) is 35.4 Å². The molecule has 3 heterocycles. The zero-order valence-corrected chi connectivity index (χ0v) is 18.5. The quantitative estimate of drug-likeness (QED) is 0.609. The first-order valence-electron chi connectivity index (χ1n) is 11.6. The molecule has 0 aromatic carbocycles.